The van der Waals surface area contributed by atoms with Crippen molar-refractivity contribution in [3.05, 3.63) is 155 Å². The molecule has 0 aliphatic heterocycles. The Morgan fingerprint density at radius 2 is 1.39 bits per heavy atom. The van der Waals surface area contributed by atoms with Crippen LogP contribution in [0, 0.1) is 35.5 Å². The summed E-state index contributed by atoms with van der Waals surface area (Å²) in [5.74, 6) is 5.53. The fourth-order valence-electron chi connectivity index (χ4n) is 20.6. The second kappa shape index (κ2) is 8.07. The molecular weight excluding hydrogens is 741 g/mol. The molecule has 5 aromatic carbocycles. The van der Waals surface area contributed by atoms with Crippen LogP contribution in [0.25, 0.3) is 66.1 Å². The maximum Gasteiger partial charge on any atom is 0.305 e. The molecule has 21 rings (SSSR count). The van der Waals surface area contributed by atoms with Crippen molar-refractivity contribution in [1.82, 2.24) is 0 Å². The van der Waals surface area contributed by atoms with E-state index in [2.05, 4.69) is 60.3 Å². The average Bonchev–Trinajstić information content (AvgIpc) is 4.16. The topological polar surface area (TPSA) is 26.3 Å². The minimum Gasteiger partial charge on any atom is -0.469 e. The summed E-state index contributed by atoms with van der Waals surface area (Å²) in [7, 11) is 1.55. The number of carbonyl (C=O) groups excluding carboxylic acids is 1. The lowest BCUT2D eigenvalue weighted by Crippen LogP contribution is -2.44. The second-order valence-electron chi connectivity index (χ2n) is 22.4. The lowest BCUT2D eigenvalue weighted by atomic mass is 9.49. The summed E-state index contributed by atoms with van der Waals surface area (Å²) in [5.41, 5.74) is 45.6. The third kappa shape index (κ3) is 2.28. The number of benzene rings is 5. The number of rotatable bonds is 6. The number of ether oxygens (including phenoxy) is 1. The summed E-state index contributed by atoms with van der Waals surface area (Å²) in [4.78, 5) is 13.0. The molecule has 16 aliphatic rings. The molecule has 0 aromatic heterocycles. The molecule has 2 fully saturated rings. The van der Waals surface area contributed by atoms with E-state index in [4.69, 9.17) is 4.74 Å². The Balaban J connectivity index is 1.05. The normalized spacial score (nSPS) is 35.7. The molecule has 2 nitrogen and oxygen atoms in total. The van der Waals surface area contributed by atoms with E-state index in [1.165, 1.54) is 53.5 Å². The number of esters is 1. The van der Waals surface area contributed by atoms with Crippen LogP contribution in [0.2, 0.25) is 0 Å². The van der Waals surface area contributed by atoms with Gasteiger partial charge in [0.2, 0.25) is 0 Å². The fourth-order valence-corrected chi connectivity index (χ4v) is 20.6. The minimum absolute atomic E-state index is 0.0913. The van der Waals surface area contributed by atoms with Gasteiger partial charge >= 0.3 is 5.97 Å². The van der Waals surface area contributed by atoms with Crippen LogP contribution in [0.3, 0.4) is 0 Å². The van der Waals surface area contributed by atoms with E-state index in [0.29, 0.717) is 36.0 Å². The first-order chi connectivity index (χ1) is 30.2. The summed E-state index contributed by atoms with van der Waals surface area (Å²) >= 11 is 0. The molecule has 5 aromatic rings. The monoisotopic (exact) mass is 776 g/mol. The van der Waals surface area contributed by atoms with E-state index in [1.54, 1.807) is 118 Å². The quantitative estimate of drug-likeness (QED) is 0.0957. The van der Waals surface area contributed by atoms with Crippen LogP contribution in [-0.2, 0) is 14.9 Å². The van der Waals surface area contributed by atoms with Gasteiger partial charge in [-0.15, -0.1) is 5.73 Å². The first kappa shape index (κ1) is 28.8. The molecule has 0 bridgehead atoms. The Kier molecular flexibility index (Phi) is 3.80. The molecule has 0 heterocycles. The van der Waals surface area contributed by atoms with Crippen LogP contribution in [0.4, 0.5) is 0 Å². The predicted molar refractivity (Wildman–Crippen MR) is 237 cm³/mol. The van der Waals surface area contributed by atoms with Crippen LogP contribution in [0.1, 0.15) is 141 Å². The summed E-state index contributed by atoms with van der Waals surface area (Å²) in [5, 5.41) is 6.90. The largest absolute Gasteiger partial charge is 0.469 e. The SMILES string of the molecule is COC(=O)CCCC(c1ccccc1)C12C3=C4C5=C=C3c3ccc6c(c31)-c1c3c7c8c9c%10c%11c%12c(c4c4c%11c8c1C42)C5=CC1CC2CC4CC5CC(C=C63)C7C5=C9C4C%10=C2C%121. The van der Waals surface area contributed by atoms with Gasteiger partial charge in [-0.3, -0.25) is 4.79 Å². The van der Waals surface area contributed by atoms with Crippen LogP contribution in [0.15, 0.2) is 82.6 Å². The van der Waals surface area contributed by atoms with Gasteiger partial charge in [-0.1, -0.05) is 65.8 Å². The highest BCUT2D eigenvalue weighted by Crippen LogP contribution is 2.86. The maximum absolute atomic E-state index is 13.0. The molecule has 16 aliphatic carbocycles. The van der Waals surface area contributed by atoms with Gasteiger partial charge in [0.15, 0.2) is 0 Å². The summed E-state index contributed by atoms with van der Waals surface area (Å²) < 4.78 is 5.32. The summed E-state index contributed by atoms with van der Waals surface area (Å²) in [6, 6.07) is 16.8. The second-order valence-corrected chi connectivity index (χ2v) is 22.4. The standard InChI is InChI=1S/C59H36O2/c1-61-32(60)9-5-8-31(19-6-3-2-4-7-19)59-56-26-11-10-25-27-16-23-14-20-12-22-13-21-15-24-17-28-29-18-30(26)57(59)41(29)47-39(28)45-36(24)34(21)43-37(22)42-33(20)35(23)44-38(27)46(40(25)56)54-52-50(44)48(42)49(43)51(45)53(52)55(47)58(54)59/h2-4,6-7,10-11,16-17,20-24,31,35-37,58H,5,8-9,12-15H2,1H3. The number of fused-ring (bicyclic) bond motifs is 3. The number of carbonyl (C=O) groups is 1. The van der Waals surface area contributed by atoms with Crippen LogP contribution >= 0.6 is 0 Å². The maximum atomic E-state index is 13.0. The molecular formula is C59H36O2. The number of methoxy groups -OCH3 is 1. The van der Waals surface area contributed by atoms with E-state index >= 15 is 0 Å². The highest BCUT2D eigenvalue weighted by Gasteiger charge is 2.71. The molecule has 284 valence electrons. The van der Waals surface area contributed by atoms with Crippen LogP contribution < -0.4 is 0 Å². The Morgan fingerprint density at radius 3 is 2.13 bits per heavy atom. The first-order valence-corrected chi connectivity index (χ1v) is 23.9. The lowest BCUT2D eigenvalue weighted by Gasteiger charge is -2.52. The van der Waals surface area contributed by atoms with E-state index in [0.717, 1.165) is 30.6 Å². The highest BCUT2D eigenvalue weighted by molar-refractivity contribution is 6.36. The lowest BCUT2D eigenvalue weighted by molar-refractivity contribution is -0.140. The summed E-state index contributed by atoms with van der Waals surface area (Å²) in [6.45, 7) is 0. The molecule has 0 amide bonds. The summed E-state index contributed by atoms with van der Waals surface area (Å²) in [6.07, 6.45) is 13.4. The predicted octanol–water partition coefficient (Wildman–Crippen LogP) is 12.4. The molecule has 0 spiro atoms. The highest BCUT2D eigenvalue weighted by atomic mass is 16.5. The Bertz CT molecular complexity index is 3770. The van der Waals surface area contributed by atoms with E-state index in [-0.39, 0.29) is 23.2 Å². The van der Waals surface area contributed by atoms with Gasteiger partial charge in [-0.2, -0.15) is 0 Å². The van der Waals surface area contributed by atoms with Gasteiger partial charge in [0, 0.05) is 52.2 Å². The van der Waals surface area contributed by atoms with Gasteiger partial charge < -0.3 is 4.74 Å². The fraction of sp³-hybridized carbons (Fsp3) is 0.322. The average molecular weight is 777 g/mol. The van der Waals surface area contributed by atoms with Crippen LogP contribution in [0.5, 0.6) is 0 Å². The number of allylic oxidation sites excluding steroid dienone is 10. The first-order valence-electron chi connectivity index (χ1n) is 23.9. The third-order valence-corrected chi connectivity index (χ3v) is 21.3. The van der Waals surface area contributed by atoms with Crippen molar-refractivity contribution in [3.63, 3.8) is 0 Å². The number of hydrogen-bond acceptors (Lipinski definition) is 2. The Labute approximate surface area is 351 Å². The zero-order valence-electron chi connectivity index (χ0n) is 33.7. The van der Waals surface area contributed by atoms with Crippen molar-refractivity contribution in [2.24, 2.45) is 35.5 Å². The molecule has 61 heavy (non-hydrogen) atoms. The zero-order chi connectivity index (χ0) is 38.3. The third-order valence-electron chi connectivity index (χ3n) is 21.3. The minimum atomic E-state index is -0.292. The van der Waals surface area contributed by atoms with Gasteiger partial charge in [-0.05, 0) is 207 Å². The Hall–Kier alpha value is -5.69. The van der Waals surface area contributed by atoms with Gasteiger partial charge in [-0.25, -0.2) is 0 Å². The molecule has 0 radical (unpaired) electrons. The molecule has 11 atom stereocenters. The van der Waals surface area contributed by atoms with Crippen molar-refractivity contribution in [2.45, 2.75) is 74.0 Å². The van der Waals surface area contributed by atoms with E-state index in [1.807, 2.05) is 22.3 Å². The smallest absolute Gasteiger partial charge is 0.305 e. The molecule has 0 N–H and O–H groups in total. The van der Waals surface area contributed by atoms with Crippen LogP contribution in [-0.4, -0.2) is 13.1 Å². The Morgan fingerprint density at radius 1 is 0.705 bits per heavy atom. The van der Waals surface area contributed by atoms with Crippen molar-refractivity contribution in [3.8, 4) is 11.1 Å². The van der Waals surface area contributed by atoms with E-state index in [9.17, 15) is 4.79 Å². The van der Waals surface area contributed by atoms with Gasteiger partial charge in [0.1, 0.15) is 0 Å². The van der Waals surface area contributed by atoms with Crippen molar-refractivity contribution in [1.29, 1.82) is 0 Å². The van der Waals surface area contributed by atoms with E-state index < -0.39 is 0 Å². The zero-order valence-corrected chi connectivity index (χ0v) is 33.7. The molecule has 2 saturated carbocycles. The van der Waals surface area contributed by atoms with Gasteiger partial charge in [0.25, 0.3) is 0 Å². The molecule has 11 unspecified atom stereocenters. The van der Waals surface area contributed by atoms with Crippen molar-refractivity contribution < 1.29 is 9.53 Å². The van der Waals surface area contributed by atoms with Gasteiger partial charge in [0.05, 0.1) is 7.11 Å². The number of hydrogen-bond donors (Lipinski definition) is 0. The molecule has 0 saturated heterocycles. The molecule has 2 heteroatoms. The van der Waals surface area contributed by atoms with Crippen molar-refractivity contribution in [2.75, 3.05) is 7.11 Å². The van der Waals surface area contributed by atoms with Crippen molar-refractivity contribution >= 4 is 61.0 Å².